The van der Waals surface area contributed by atoms with E-state index in [1.165, 1.54) is 60.8 Å². The number of aromatic nitrogens is 1. The molecule has 1 aromatic heterocycles. The molecular formula is C55H38N2. The number of hydrogen-bond acceptors (Lipinski definition) is 1. The highest BCUT2D eigenvalue weighted by Gasteiger charge is 2.46. The predicted molar refractivity (Wildman–Crippen MR) is 238 cm³/mol. The van der Waals surface area contributed by atoms with Crippen molar-refractivity contribution in [3.8, 4) is 27.9 Å². The third kappa shape index (κ3) is 5.11. The molecule has 0 atom stereocenters. The van der Waals surface area contributed by atoms with Crippen LogP contribution in [0.4, 0.5) is 17.1 Å². The van der Waals surface area contributed by atoms with Crippen LogP contribution >= 0.6 is 0 Å². The minimum absolute atomic E-state index is 0.521. The maximum absolute atomic E-state index is 2.47. The number of hydrogen-bond donors (Lipinski definition) is 0. The van der Waals surface area contributed by atoms with E-state index in [4.69, 9.17) is 0 Å². The third-order valence-corrected chi connectivity index (χ3v) is 11.8. The maximum Gasteiger partial charge on any atom is 0.0782 e. The highest BCUT2D eigenvalue weighted by atomic mass is 15.2. The molecular weight excluding hydrogens is 689 g/mol. The zero-order chi connectivity index (χ0) is 37.8. The molecule has 11 rings (SSSR count). The number of benzene rings is 9. The minimum Gasteiger partial charge on any atom is -0.308 e. The SMILES string of the molecule is c1ccc(-c2cccc(N(c3cccc(C4(c5ccccc5)c5ccccc5-c5ccccc54)c3)c3cccc4c5ccccc5n(-c5ccccc5)c34)c2)cc1. The van der Waals surface area contributed by atoms with Gasteiger partial charge in [0.25, 0.3) is 0 Å². The van der Waals surface area contributed by atoms with Crippen LogP contribution in [0.15, 0.2) is 231 Å². The first-order valence-electron chi connectivity index (χ1n) is 19.7. The van der Waals surface area contributed by atoms with Crippen molar-refractivity contribution in [3.63, 3.8) is 0 Å². The third-order valence-electron chi connectivity index (χ3n) is 11.8. The topological polar surface area (TPSA) is 8.17 Å². The Kier molecular flexibility index (Phi) is 7.75. The van der Waals surface area contributed by atoms with Crippen molar-refractivity contribution in [2.45, 2.75) is 5.41 Å². The molecule has 1 aliphatic rings. The zero-order valence-corrected chi connectivity index (χ0v) is 31.3. The largest absolute Gasteiger partial charge is 0.308 e. The van der Waals surface area contributed by atoms with Crippen molar-refractivity contribution in [1.29, 1.82) is 0 Å². The first kappa shape index (κ1) is 33.0. The number of para-hydroxylation sites is 3. The molecule has 0 spiro atoms. The second kappa shape index (κ2) is 13.4. The molecule has 0 fully saturated rings. The second-order valence-electron chi connectivity index (χ2n) is 14.9. The van der Waals surface area contributed by atoms with Crippen LogP contribution in [0.2, 0.25) is 0 Å². The molecule has 268 valence electrons. The van der Waals surface area contributed by atoms with Gasteiger partial charge in [-0.2, -0.15) is 0 Å². The molecule has 57 heavy (non-hydrogen) atoms. The normalized spacial score (nSPS) is 12.7. The fraction of sp³-hybridized carbons (Fsp3) is 0.0182. The maximum atomic E-state index is 2.47. The molecule has 0 saturated carbocycles. The van der Waals surface area contributed by atoms with Gasteiger partial charge >= 0.3 is 0 Å². The molecule has 0 unspecified atom stereocenters. The smallest absolute Gasteiger partial charge is 0.0782 e. The Morgan fingerprint density at radius 3 is 1.63 bits per heavy atom. The van der Waals surface area contributed by atoms with Gasteiger partial charge in [-0.15, -0.1) is 0 Å². The summed E-state index contributed by atoms with van der Waals surface area (Å²) in [6, 6.07) is 84.3. The van der Waals surface area contributed by atoms with E-state index in [0.29, 0.717) is 0 Å². The quantitative estimate of drug-likeness (QED) is 0.159. The highest BCUT2D eigenvalue weighted by molar-refractivity contribution is 6.14. The molecule has 0 aliphatic heterocycles. The zero-order valence-electron chi connectivity index (χ0n) is 31.3. The first-order chi connectivity index (χ1) is 28.3. The fourth-order valence-electron chi connectivity index (χ4n) is 9.50. The summed E-state index contributed by atoms with van der Waals surface area (Å²) < 4.78 is 2.44. The minimum atomic E-state index is -0.521. The molecule has 0 amide bonds. The summed E-state index contributed by atoms with van der Waals surface area (Å²) in [7, 11) is 0. The van der Waals surface area contributed by atoms with E-state index in [0.717, 1.165) is 28.3 Å². The Morgan fingerprint density at radius 2 is 0.895 bits per heavy atom. The molecule has 0 N–H and O–H groups in total. The number of nitrogens with zero attached hydrogens (tertiary/aromatic N) is 2. The van der Waals surface area contributed by atoms with Crippen molar-refractivity contribution in [2.75, 3.05) is 4.90 Å². The van der Waals surface area contributed by atoms with Gasteiger partial charge in [0.2, 0.25) is 0 Å². The van der Waals surface area contributed by atoms with Crippen LogP contribution in [0, 0.1) is 0 Å². The van der Waals surface area contributed by atoms with E-state index in [9.17, 15) is 0 Å². The van der Waals surface area contributed by atoms with Crippen molar-refractivity contribution in [1.82, 2.24) is 4.57 Å². The summed E-state index contributed by atoms with van der Waals surface area (Å²) in [5, 5.41) is 2.44. The van der Waals surface area contributed by atoms with Crippen molar-refractivity contribution in [3.05, 3.63) is 253 Å². The monoisotopic (exact) mass is 726 g/mol. The summed E-state index contributed by atoms with van der Waals surface area (Å²) in [5.41, 5.74) is 16.3. The average Bonchev–Trinajstić information content (AvgIpc) is 3.79. The van der Waals surface area contributed by atoms with E-state index in [1.54, 1.807) is 0 Å². The van der Waals surface area contributed by atoms with Gasteiger partial charge in [0.1, 0.15) is 0 Å². The lowest BCUT2D eigenvalue weighted by Gasteiger charge is -2.35. The molecule has 10 aromatic rings. The molecule has 2 heteroatoms. The Labute approximate surface area is 333 Å². The lowest BCUT2D eigenvalue weighted by molar-refractivity contribution is 0.768. The lowest BCUT2D eigenvalue weighted by Crippen LogP contribution is -2.28. The summed E-state index contributed by atoms with van der Waals surface area (Å²) in [5.74, 6) is 0. The Hall–Kier alpha value is -7.42. The molecule has 1 heterocycles. The standard InChI is InChI=1S/C55H38N2/c1-4-19-39(20-5-1)40-21-16-27-44(37-40)56(53-36-18-32-49-48-31-12-15-35-52(48)57(54(49)53)43-25-8-3-9-26-43)45-28-17-24-42(38-45)55(41-22-6-2-7-23-41)50-33-13-10-29-46(50)47-30-11-14-34-51(47)55/h1-38H. The van der Waals surface area contributed by atoms with Crippen LogP contribution in [0.3, 0.4) is 0 Å². The molecule has 9 aromatic carbocycles. The van der Waals surface area contributed by atoms with Gasteiger partial charge < -0.3 is 9.47 Å². The molecule has 0 bridgehead atoms. The van der Waals surface area contributed by atoms with Crippen LogP contribution < -0.4 is 4.90 Å². The van der Waals surface area contributed by atoms with E-state index in [-0.39, 0.29) is 0 Å². The fourth-order valence-corrected chi connectivity index (χ4v) is 9.50. The van der Waals surface area contributed by atoms with Crippen molar-refractivity contribution >= 4 is 38.9 Å². The molecule has 2 nitrogen and oxygen atoms in total. The average molecular weight is 727 g/mol. The second-order valence-corrected chi connectivity index (χ2v) is 14.9. The Bertz CT molecular complexity index is 3020. The van der Waals surface area contributed by atoms with Gasteiger partial charge in [-0.25, -0.2) is 0 Å². The Morgan fingerprint density at radius 1 is 0.368 bits per heavy atom. The van der Waals surface area contributed by atoms with Crippen molar-refractivity contribution in [2.24, 2.45) is 0 Å². The van der Waals surface area contributed by atoms with Crippen LogP contribution in [-0.2, 0) is 5.41 Å². The van der Waals surface area contributed by atoms with E-state index < -0.39 is 5.41 Å². The number of rotatable bonds is 7. The van der Waals surface area contributed by atoms with E-state index in [1.807, 2.05) is 0 Å². The molecule has 1 aliphatic carbocycles. The van der Waals surface area contributed by atoms with E-state index in [2.05, 4.69) is 240 Å². The van der Waals surface area contributed by atoms with Gasteiger partial charge in [0, 0.05) is 27.8 Å². The summed E-state index contributed by atoms with van der Waals surface area (Å²) in [4.78, 5) is 2.47. The molecule has 0 radical (unpaired) electrons. The summed E-state index contributed by atoms with van der Waals surface area (Å²) in [6.07, 6.45) is 0. The van der Waals surface area contributed by atoms with Crippen molar-refractivity contribution < 1.29 is 0 Å². The van der Waals surface area contributed by atoms with Gasteiger partial charge in [0.15, 0.2) is 0 Å². The predicted octanol–water partition coefficient (Wildman–Crippen LogP) is 14.3. The highest BCUT2D eigenvalue weighted by Crippen LogP contribution is 2.57. The summed E-state index contributed by atoms with van der Waals surface area (Å²) in [6.45, 7) is 0. The van der Waals surface area contributed by atoms with Crippen LogP contribution in [0.1, 0.15) is 22.3 Å². The lowest BCUT2D eigenvalue weighted by atomic mass is 9.67. The molecule has 0 saturated heterocycles. The van der Waals surface area contributed by atoms with Crippen LogP contribution in [-0.4, -0.2) is 4.57 Å². The van der Waals surface area contributed by atoms with Gasteiger partial charge in [0.05, 0.1) is 22.1 Å². The Balaban J connectivity index is 1.23. The summed E-state index contributed by atoms with van der Waals surface area (Å²) >= 11 is 0. The van der Waals surface area contributed by atoms with Crippen LogP contribution in [0.25, 0.3) is 49.7 Å². The van der Waals surface area contributed by atoms with Crippen LogP contribution in [0.5, 0.6) is 0 Å². The number of fused-ring (bicyclic) bond motifs is 6. The first-order valence-corrected chi connectivity index (χ1v) is 19.7. The van der Waals surface area contributed by atoms with Gasteiger partial charge in [-0.3, -0.25) is 0 Å². The van der Waals surface area contributed by atoms with Gasteiger partial charge in [-0.1, -0.05) is 182 Å². The van der Waals surface area contributed by atoms with Gasteiger partial charge in [-0.05, 0) is 93.0 Å². The number of anilines is 3. The van der Waals surface area contributed by atoms with E-state index >= 15 is 0 Å².